The highest BCUT2D eigenvalue weighted by Gasteiger charge is 2.21. The summed E-state index contributed by atoms with van der Waals surface area (Å²) in [6.07, 6.45) is 0. The molecule has 2 heterocycles. The summed E-state index contributed by atoms with van der Waals surface area (Å²) in [5.74, 6) is 0.304. The van der Waals surface area contributed by atoms with Gasteiger partial charge in [0.2, 0.25) is 0 Å². The van der Waals surface area contributed by atoms with Gasteiger partial charge in [0.1, 0.15) is 0 Å². The summed E-state index contributed by atoms with van der Waals surface area (Å²) in [6, 6.07) is 5.05. The number of benzene rings is 1. The standard InChI is InChI=1S/C16H20N4O3S/c1-12-17-13(11-24-12)10-18-5-7-19(8-6-18)14-3-4-15(20(21)22)16(9-14)23-2/h3-4,9,11H,5-8,10H2,1-2H3. The average Bonchev–Trinajstić information content (AvgIpc) is 2.99. The van der Waals surface area contributed by atoms with Crippen LogP contribution in [0.3, 0.4) is 0 Å². The first-order valence-electron chi connectivity index (χ1n) is 7.77. The number of piperazine rings is 1. The molecule has 0 unspecified atom stereocenters. The molecule has 8 heteroatoms. The van der Waals surface area contributed by atoms with Gasteiger partial charge in [-0.15, -0.1) is 11.3 Å². The fourth-order valence-electron chi connectivity index (χ4n) is 2.89. The van der Waals surface area contributed by atoms with E-state index in [1.54, 1.807) is 23.5 Å². The number of ether oxygens (including phenoxy) is 1. The molecule has 1 aromatic heterocycles. The lowest BCUT2D eigenvalue weighted by atomic mass is 10.2. The molecule has 24 heavy (non-hydrogen) atoms. The van der Waals surface area contributed by atoms with E-state index < -0.39 is 4.92 Å². The van der Waals surface area contributed by atoms with Crippen molar-refractivity contribution in [2.45, 2.75) is 13.5 Å². The zero-order valence-electron chi connectivity index (χ0n) is 13.8. The van der Waals surface area contributed by atoms with Crippen molar-refractivity contribution in [1.29, 1.82) is 0 Å². The van der Waals surface area contributed by atoms with Crippen molar-refractivity contribution in [1.82, 2.24) is 9.88 Å². The summed E-state index contributed by atoms with van der Waals surface area (Å²) in [5.41, 5.74) is 2.09. The van der Waals surface area contributed by atoms with E-state index in [9.17, 15) is 10.1 Å². The fourth-order valence-corrected chi connectivity index (χ4v) is 3.49. The largest absolute Gasteiger partial charge is 0.490 e. The molecule has 1 aliphatic rings. The van der Waals surface area contributed by atoms with Crippen molar-refractivity contribution < 1.29 is 9.66 Å². The maximum Gasteiger partial charge on any atom is 0.311 e. The minimum Gasteiger partial charge on any atom is -0.490 e. The maximum absolute atomic E-state index is 11.0. The first-order chi connectivity index (χ1) is 11.6. The van der Waals surface area contributed by atoms with Crippen LogP contribution in [0.2, 0.25) is 0 Å². The molecule has 1 aromatic carbocycles. The minimum atomic E-state index is -0.420. The van der Waals surface area contributed by atoms with E-state index in [0.717, 1.165) is 49.1 Å². The number of aromatic nitrogens is 1. The highest BCUT2D eigenvalue weighted by molar-refractivity contribution is 7.09. The molecule has 0 amide bonds. The SMILES string of the molecule is COc1cc(N2CCN(Cc3csc(C)n3)CC2)ccc1[N+](=O)[O-]. The van der Waals surface area contributed by atoms with Gasteiger partial charge in [-0.05, 0) is 13.0 Å². The summed E-state index contributed by atoms with van der Waals surface area (Å²) in [4.78, 5) is 19.7. The number of nitro groups is 1. The lowest BCUT2D eigenvalue weighted by Gasteiger charge is -2.35. The second kappa shape index (κ2) is 7.14. The lowest BCUT2D eigenvalue weighted by molar-refractivity contribution is -0.385. The number of thiazole rings is 1. The van der Waals surface area contributed by atoms with Crippen molar-refractivity contribution >= 4 is 22.7 Å². The molecule has 0 spiro atoms. The Morgan fingerprint density at radius 2 is 2.08 bits per heavy atom. The predicted octanol–water partition coefficient (Wildman–Crippen LogP) is 2.69. The Kier molecular flexibility index (Phi) is 4.96. The van der Waals surface area contributed by atoms with Crippen LogP contribution in [0.25, 0.3) is 0 Å². The Morgan fingerprint density at radius 3 is 2.67 bits per heavy atom. The van der Waals surface area contributed by atoms with E-state index in [1.807, 2.05) is 6.92 Å². The third-order valence-corrected chi connectivity index (χ3v) is 4.97. The van der Waals surface area contributed by atoms with Gasteiger partial charge in [-0.1, -0.05) is 0 Å². The van der Waals surface area contributed by atoms with Gasteiger partial charge in [0.05, 0.1) is 22.7 Å². The number of hydrogen-bond acceptors (Lipinski definition) is 7. The third kappa shape index (κ3) is 3.65. The molecule has 0 aliphatic carbocycles. The summed E-state index contributed by atoms with van der Waals surface area (Å²) >= 11 is 1.68. The number of methoxy groups -OCH3 is 1. The molecule has 0 N–H and O–H groups in total. The highest BCUT2D eigenvalue weighted by atomic mass is 32.1. The van der Waals surface area contributed by atoms with E-state index in [2.05, 4.69) is 20.2 Å². The maximum atomic E-state index is 11.0. The number of anilines is 1. The fraction of sp³-hybridized carbons (Fsp3) is 0.438. The average molecular weight is 348 g/mol. The van der Waals surface area contributed by atoms with Gasteiger partial charge in [0, 0.05) is 55.9 Å². The molecule has 1 aliphatic heterocycles. The Labute approximate surface area is 144 Å². The number of rotatable bonds is 5. The van der Waals surface area contributed by atoms with Gasteiger partial charge >= 0.3 is 5.69 Å². The summed E-state index contributed by atoms with van der Waals surface area (Å²) < 4.78 is 5.15. The lowest BCUT2D eigenvalue weighted by Crippen LogP contribution is -2.46. The highest BCUT2D eigenvalue weighted by Crippen LogP contribution is 2.31. The van der Waals surface area contributed by atoms with Gasteiger partial charge in [0.15, 0.2) is 5.75 Å². The molecule has 0 atom stereocenters. The van der Waals surface area contributed by atoms with Crippen LogP contribution in [-0.4, -0.2) is 48.1 Å². The van der Waals surface area contributed by atoms with Crippen LogP contribution in [0.1, 0.15) is 10.7 Å². The molecule has 1 saturated heterocycles. The molecule has 0 bridgehead atoms. The number of nitro benzene ring substituents is 1. The van der Waals surface area contributed by atoms with Crippen molar-refractivity contribution in [2.24, 2.45) is 0 Å². The molecule has 0 radical (unpaired) electrons. The van der Waals surface area contributed by atoms with Crippen molar-refractivity contribution in [3.05, 3.63) is 44.4 Å². The Hall–Kier alpha value is -2.19. The smallest absolute Gasteiger partial charge is 0.311 e. The monoisotopic (exact) mass is 348 g/mol. The van der Waals surface area contributed by atoms with E-state index in [4.69, 9.17) is 4.74 Å². The zero-order chi connectivity index (χ0) is 17.1. The van der Waals surface area contributed by atoms with Crippen LogP contribution < -0.4 is 9.64 Å². The second-order valence-corrected chi connectivity index (χ2v) is 6.80. The van der Waals surface area contributed by atoms with Crippen LogP contribution in [0.4, 0.5) is 11.4 Å². The zero-order valence-corrected chi connectivity index (χ0v) is 14.6. The number of hydrogen-bond donors (Lipinski definition) is 0. The first kappa shape index (κ1) is 16.7. The van der Waals surface area contributed by atoms with Gasteiger partial charge in [-0.3, -0.25) is 15.0 Å². The topological polar surface area (TPSA) is 71.7 Å². The van der Waals surface area contributed by atoms with Crippen LogP contribution >= 0.6 is 11.3 Å². The Bertz CT molecular complexity index is 726. The molecular formula is C16H20N4O3S. The molecule has 3 rings (SSSR count). The van der Waals surface area contributed by atoms with Gasteiger partial charge < -0.3 is 9.64 Å². The first-order valence-corrected chi connectivity index (χ1v) is 8.65. The quantitative estimate of drug-likeness (QED) is 0.611. The van der Waals surface area contributed by atoms with Crippen molar-refractivity contribution in [3.8, 4) is 5.75 Å². The summed E-state index contributed by atoms with van der Waals surface area (Å²) in [6.45, 7) is 6.54. The van der Waals surface area contributed by atoms with E-state index in [0.29, 0.717) is 5.75 Å². The van der Waals surface area contributed by atoms with Crippen LogP contribution in [-0.2, 0) is 6.54 Å². The van der Waals surface area contributed by atoms with E-state index >= 15 is 0 Å². The van der Waals surface area contributed by atoms with E-state index in [1.165, 1.54) is 13.2 Å². The third-order valence-electron chi connectivity index (χ3n) is 4.15. The molecule has 2 aromatic rings. The molecular weight excluding hydrogens is 328 g/mol. The number of nitrogens with zero attached hydrogens (tertiary/aromatic N) is 4. The van der Waals surface area contributed by atoms with E-state index in [-0.39, 0.29) is 5.69 Å². The normalized spacial score (nSPS) is 15.5. The minimum absolute atomic E-state index is 0.00112. The molecule has 1 fully saturated rings. The summed E-state index contributed by atoms with van der Waals surface area (Å²) in [7, 11) is 1.46. The van der Waals surface area contributed by atoms with Gasteiger partial charge in [-0.2, -0.15) is 0 Å². The van der Waals surface area contributed by atoms with Gasteiger partial charge in [-0.25, -0.2) is 4.98 Å². The molecule has 7 nitrogen and oxygen atoms in total. The Balaban J connectivity index is 1.63. The van der Waals surface area contributed by atoms with Crippen molar-refractivity contribution in [2.75, 3.05) is 38.2 Å². The van der Waals surface area contributed by atoms with Crippen LogP contribution in [0, 0.1) is 17.0 Å². The van der Waals surface area contributed by atoms with Crippen LogP contribution in [0.15, 0.2) is 23.6 Å². The molecule has 0 saturated carbocycles. The van der Waals surface area contributed by atoms with Crippen LogP contribution in [0.5, 0.6) is 5.75 Å². The van der Waals surface area contributed by atoms with Gasteiger partial charge in [0.25, 0.3) is 0 Å². The predicted molar refractivity (Wildman–Crippen MR) is 94.0 cm³/mol. The Morgan fingerprint density at radius 1 is 1.33 bits per heavy atom. The second-order valence-electron chi connectivity index (χ2n) is 5.73. The molecule has 128 valence electrons. The number of aryl methyl sites for hydroxylation is 1. The summed E-state index contributed by atoms with van der Waals surface area (Å²) in [5, 5.41) is 14.2. The van der Waals surface area contributed by atoms with Crippen molar-refractivity contribution in [3.63, 3.8) is 0 Å².